The minimum atomic E-state index is 0.102. The van der Waals surface area contributed by atoms with Gasteiger partial charge in [0.15, 0.2) is 0 Å². The van der Waals surface area contributed by atoms with Crippen molar-refractivity contribution in [3.8, 4) is 0 Å². The Morgan fingerprint density at radius 1 is 1.19 bits per heavy atom. The Bertz CT molecular complexity index is 654. The molecule has 0 saturated carbocycles. The number of likely N-dealkylation sites (tertiary alicyclic amines) is 1. The van der Waals surface area contributed by atoms with Crippen LogP contribution in [0.4, 0.5) is 0 Å². The lowest BCUT2D eigenvalue weighted by Crippen LogP contribution is -2.47. The van der Waals surface area contributed by atoms with E-state index in [1.54, 1.807) is 11.3 Å². The highest BCUT2D eigenvalue weighted by molar-refractivity contribution is 7.07. The molecule has 2 fully saturated rings. The number of thiophene rings is 1. The first-order valence-electron chi connectivity index (χ1n) is 9.68. The first kappa shape index (κ1) is 18.1. The second kappa shape index (κ2) is 8.61. The minimum Gasteiger partial charge on any atom is -0.377 e. The molecule has 1 atom stereocenters. The lowest BCUT2D eigenvalue weighted by molar-refractivity contribution is -0.0733. The number of aromatic nitrogens is 1. The van der Waals surface area contributed by atoms with Crippen molar-refractivity contribution in [1.29, 1.82) is 0 Å². The van der Waals surface area contributed by atoms with Gasteiger partial charge in [-0.25, -0.2) is 0 Å². The summed E-state index contributed by atoms with van der Waals surface area (Å²) in [4.78, 5) is 6.62. The lowest BCUT2D eigenvalue weighted by atomic mass is 9.78. The van der Waals surface area contributed by atoms with Crippen molar-refractivity contribution < 1.29 is 9.47 Å². The van der Waals surface area contributed by atoms with Crippen molar-refractivity contribution in [2.75, 3.05) is 26.3 Å². The van der Waals surface area contributed by atoms with Crippen LogP contribution in [0.3, 0.4) is 0 Å². The van der Waals surface area contributed by atoms with Crippen molar-refractivity contribution in [3.63, 3.8) is 0 Å². The summed E-state index contributed by atoms with van der Waals surface area (Å²) >= 11 is 1.79. The van der Waals surface area contributed by atoms with E-state index in [0.717, 1.165) is 52.1 Å². The zero-order chi connectivity index (χ0) is 17.7. The third-order valence-electron chi connectivity index (χ3n) is 5.92. The van der Waals surface area contributed by atoms with Crippen LogP contribution in [-0.4, -0.2) is 41.8 Å². The molecule has 4 rings (SSSR count). The van der Waals surface area contributed by atoms with E-state index < -0.39 is 0 Å². The van der Waals surface area contributed by atoms with Gasteiger partial charge < -0.3 is 9.47 Å². The molecular weight excluding hydrogens is 344 g/mol. The smallest absolute Gasteiger partial charge is 0.0736 e. The van der Waals surface area contributed by atoms with Crippen LogP contribution >= 0.6 is 11.3 Å². The number of rotatable bonds is 7. The molecule has 2 aromatic rings. The van der Waals surface area contributed by atoms with Gasteiger partial charge in [-0.1, -0.05) is 0 Å². The number of ether oxygens (including phenoxy) is 2. The molecule has 1 spiro atoms. The van der Waals surface area contributed by atoms with E-state index in [-0.39, 0.29) is 5.60 Å². The van der Waals surface area contributed by atoms with E-state index >= 15 is 0 Å². The molecule has 140 valence electrons. The number of hydrogen-bond donors (Lipinski definition) is 0. The fraction of sp³-hybridized carbons (Fsp3) is 0.571. The van der Waals surface area contributed by atoms with Crippen LogP contribution in [0.2, 0.25) is 0 Å². The van der Waals surface area contributed by atoms with Gasteiger partial charge in [0.2, 0.25) is 0 Å². The van der Waals surface area contributed by atoms with E-state index in [4.69, 9.17) is 9.47 Å². The van der Waals surface area contributed by atoms with Crippen molar-refractivity contribution in [2.45, 2.75) is 44.4 Å². The van der Waals surface area contributed by atoms with Gasteiger partial charge in [-0.05, 0) is 71.7 Å². The van der Waals surface area contributed by atoms with E-state index in [1.165, 1.54) is 17.5 Å². The maximum Gasteiger partial charge on any atom is 0.0736 e. The molecule has 0 radical (unpaired) electrons. The quantitative estimate of drug-likeness (QED) is 0.685. The molecule has 2 aromatic heterocycles. The molecule has 2 aliphatic heterocycles. The SMILES string of the molecule is c1cc(COCCC2CCOC23CCN(Cc2ccsc2)CC3)ccn1. The zero-order valence-corrected chi connectivity index (χ0v) is 16.1. The molecule has 0 bridgehead atoms. The summed E-state index contributed by atoms with van der Waals surface area (Å²) in [6, 6.07) is 6.27. The third kappa shape index (κ3) is 4.34. The fourth-order valence-electron chi connectivity index (χ4n) is 4.37. The summed E-state index contributed by atoms with van der Waals surface area (Å²) in [5.74, 6) is 0.642. The minimum absolute atomic E-state index is 0.102. The molecule has 1 unspecified atom stereocenters. The van der Waals surface area contributed by atoms with E-state index in [9.17, 15) is 0 Å². The molecule has 4 nitrogen and oxygen atoms in total. The van der Waals surface area contributed by atoms with Crippen LogP contribution < -0.4 is 0 Å². The summed E-state index contributed by atoms with van der Waals surface area (Å²) in [6.45, 7) is 5.78. The number of pyridine rings is 1. The number of hydrogen-bond acceptors (Lipinski definition) is 5. The molecule has 0 aromatic carbocycles. The Morgan fingerprint density at radius 3 is 2.81 bits per heavy atom. The molecule has 0 amide bonds. The predicted molar refractivity (Wildman–Crippen MR) is 104 cm³/mol. The molecular formula is C21H28N2O2S. The summed E-state index contributed by atoms with van der Waals surface area (Å²) < 4.78 is 12.2. The van der Waals surface area contributed by atoms with Crippen LogP contribution in [0.1, 0.15) is 36.8 Å². The first-order chi connectivity index (χ1) is 12.8. The zero-order valence-electron chi connectivity index (χ0n) is 15.3. The molecule has 26 heavy (non-hydrogen) atoms. The molecule has 2 aliphatic rings. The molecule has 2 saturated heterocycles. The van der Waals surface area contributed by atoms with Crippen molar-refractivity contribution in [3.05, 3.63) is 52.5 Å². The summed E-state index contributed by atoms with van der Waals surface area (Å²) in [5, 5.41) is 4.43. The number of nitrogens with zero attached hydrogens (tertiary/aromatic N) is 2. The predicted octanol–water partition coefficient (Wildman–Crippen LogP) is 4.12. The fourth-order valence-corrected chi connectivity index (χ4v) is 5.03. The van der Waals surface area contributed by atoms with E-state index in [1.807, 2.05) is 24.5 Å². The van der Waals surface area contributed by atoms with Crippen molar-refractivity contribution >= 4 is 11.3 Å². The normalized spacial score (nSPS) is 22.8. The van der Waals surface area contributed by atoms with Gasteiger partial charge >= 0.3 is 0 Å². The Hall–Kier alpha value is -1.27. The van der Waals surface area contributed by atoms with Crippen LogP contribution in [0.5, 0.6) is 0 Å². The van der Waals surface area contributed by atoms with Crippen LogP contribution in [0.25, 0.3) is 0 Å². The van der Waals surface area contributed by atoms with Gasteiger partial charge in [0.05, 0.1) is 12.2 Å². The molecule has 0 aliphatic carbocycles. The summed E-state index contributed by atoms with van der Waals surface area (Å²) in [5.41, 5.74) is 2.74. The van der Waals surface area contributed by atoms with Gasteiger partial charge in [0, 0.05) is 45.2 Å². The summed E-state index contributed by atoms with van der Waals surface area (Å²) in [6.07, 6.45) is 8.25. The van der Waals surface area contributed by atoms with Crippen LogP contribution in [0, 0.1) is 5.92 Å². The van der Waals surface area contributed by atoms with Crippen molar-refractivity contribution in [2.24, 2.45) is 5.92 Å². The average Bonchev–Trinajstić information content (AvgIpc) is 3.32. The molecule has 5 heteroatoms. The average molecular weight is 373 g/mol. The third-order valence-corrected chi connectivity index (χ3v) is 6.65. The second-order valence-electron chi connectivity index (χ2n) is 7.50. The van der Waals surface area contributed by atoms with Gasteiger partial charge in [0.25, 0.3) is 0 Å². The number of piperidine rings is 1. The summed E-state index contributed by atoms with van der Waals surface area (Å²) in [7, 11) is 0. The monoisotopic (exact) mass is 372 g/mol. The van der Waals surface area contributed by atoms with Crippen LogP contribution in [-0.2, 0) is 22.6 Å². The van der Waals surface area contributed by atoms with Crippen molar-refractivity contribution in [1.82, 2.24) is 9.88 Å². The van der Waals surface area contributed by atoms with Gasteiger partial charge in [-0.3, -0.25) is 9.88 Å². The maximum absolute atomic E-state index is 6.30. The van der Waals surface area contributed by atoms with E-state index in [0.29, 0.717) is 12.5 Å². The van der Waals surface area contributed by atoms with Gasteiger partial charge in [-0.15, -0.1) is 0 Å². The standard InChI is InChI=1S/C21H28N2O2S/c1-8-22-9-2-18(1)16-24-12-3-20-4-13-25-21(20)6-10-23(11-7-21)15-19-5-14-26-17-19/h1-2,5,8-9,14,17,20H,3-4,6-7,10-13,15-16H2. The lowest BCUT2D eigenvalue weighted by Gasteiger charge is -2.42. The highest BCUT2D eigenvalue weighted by atomic mass is 32.1. The van der Waals surface area contributed by atoms with Crippen LogP contribution in [0.15, 0.2) is 41.4 Å². The first-order valence-corrected chi connectivity index (χ1v) is 10.6. The Balaban J connectivity index is 1.23. The topological polar surface area (TPSA) is 34.6 Å². The maximum atomic E-state index is 6.30. The molecule has 0 N–H and O–H groups in total. The van der Waals surface area contributed by atoms with Gasteiger partial charge in [0.1, 0.15) is 0 Å². The highest BCUT2D eigenvalue weighted by Gasteiger charge is 2.45. The Labute approximate surface area is 160 Å². The van der Waals surface area contributed by atoms with E-state index in [2.05, 4.69) is 26.7 Å². The molecule has 4 heterocycles. The Morgan fingerprint density at radius 2 is 2.04 bits per heavy atom. The van der Waals surface area contributed by atoms with Gasteiger partial charge in [-0.2, -0.15) is 11.3 Å². The highest BCUT2D eigenvalue weighted by Crippen LogP contribution is 2.42. The largest absolute Gasteiger partial charge is 0.377 e. The Kier molecular flexibility index (Phi) is 6.00. The second-order valence-corrected chi connectivity index (χ2v) is 8.28.